The molecular weight excluding hydrogens is 1250 g/mol. The number of fused-ring (bicyclic) bond motifs is 2. The van der Waals surface area contributed by atoms with Gasteiger partial charge in [0.2, 0.25) is 11.8 Å². The van der Waals surface area contributed by atoms with Gasteiger partial charge in [-0.3, -0.25) is 24.5 Å². The first kappa shape index (κ1) is 70.4. The number of para-hydroxylation sites is 1. The van der Waals surface area contributed by atoms with Crippen LogP contribution < -0.4 is 10.6 Å². The number of piperidine rings is 2. The largest absolute Gasteiger partial charge is 0.446 e. The molecule has 10 rings (SSSR count). The summed E-state index contributed by atoms with van der Waals surface area (Å²) in [6, 6.07) is 39.2. The van der Waals surface area contributed by atoms with E-state index in [2.05, 4.69) is 32.6 Å². The smallest absolute Gasteiger partial charge is 0.416 e. The van der Waals surface area contributed by atoms with Crippen molar-refractivity contribution in [2.75, 3.05) is 117 Å². The third kappa shape index (κ3) is 17.6. The first-order valence-corrected chi connectivity index (χ1v) is 32.8. The second-order valence-electron chi connectivity index (χ2n) is 25.6. The SMILES string of the molecule is CN(CCN1CCC(OC(=O)Nc2ccccc2-c2ccccc2)CC1)C(=O)CCCCNc1ccc(C(=O)N(C)CCCN(C)C(=O)CO[C@H]2Cc3ccccc3C23CCN(CC[C@@]2(c4ccc(F)cc4)CN(C(=O)c4cc(C(F)(F)F)cc(C(F)(F)F)c4)CO2)CC3)cc1. The lowest BCUT2D eigenvalue weighted by molar-refractivity contribution is -0.143. The molecule has 6 aromatic rings. The van der Waals surface area contributed by atoms with E-state index in [-0.39, 0.29) is 55.6 Å². The van der Waals surface area contributed by atoms with Crippen molar-refractivity contribution in [2.45, 2.75) is 99.8 Å². The highest BCUT2D eigenvalue weighted by Crippen LogP contribution is 2.48. The molecule has 5 amide bonds. The Labute approximate surface area is 555 Å². The number of carbonyl (C=O) groups excluding carboxylic acids is 5. The highest BCUT2D eigenvalue weighted by atomic mass is 19.4. The van der Waals surface area contributed by atoms with Crippen LogP contribution in [0.5, 0.6) is 0 Å². The minimum atomic E-state index is -5.15. The second-order valence-corrected chi connectivity index (χ2v) is 25.6. The molecule has 3 heterocycles. The van der Waals surface area contributed by atoms with Crippen molar-refractivity contribution in [3.8, 4) is 11.1 Å². The van der Waals surface area contributed by atoms with E-state index in [9.17, 15) is 54.7 Å². The van der Waals surface area contributed by atoms with E-state index in [1.54, 1.807) is 40.9 Å². The van der Waals surface area contributed by atoms with Gasteiger partial charge >= 0.3 is 18.4 Å². The Bertz CT molecular complexity index is 3610. The van der Waals surface area contributed by atoms with Gasteiger partial charge in [-0.2, -0.15) is 26.3 Å². The predicted octanol–water partition coefficient (Wildman–Crippen LogP) is 12.6. The van der Waals surface area contributed by atoms with Gasteiger partial charge in [-0.05, 0) is 154 Å². The van der Waals surface area contributed by atoms with Crippen LogP contribution in [0.4, 0.5) is 46.9 Å². The molecule has 3 saturated heterocycles. The summed E-state index contributed by atoms with van der Waals surface area (Å²) >= 11 is 0. The molecule has 2 N–H and O–H groups in total. The number of hydrogen-bond donors (Lipinski definition) is 2. The van der Waals surface area contributed by atoms with Gasteiger partial charge in [-0.25, -0.2) is 9.18 Å². The van der Waals surface area contributed by atoms with E-state index in [1.807, 2.05) is 85.9 Å². The Morgan fingerprint density at radius 3 is 1.99 bits per heavy atom. The maximum atomic E-state index is 14.2. The lowest BCUT2D eigenvalue weighted by Gasteiger charge is -2.44. The number of likely N-dealkylation sites (N-methyl/N-ethyl adjacent to an activating group) is 2. The Morgan fingerprint density at radius 2 is 1.29 bits per heavy atom. The minimum Gasteiger partial charge on any atom is -0.446 e. The molecule has 96 heavy (non-hydrogen) atoms. The van der Waals surface area contributed by atoms with Gasteiger partial charge in [0.25, 0.3) is 11.8 Å². The van der Waals surface area contributed by atoms with Crippen LogP contribution in [-0.2, 0) is 53.6 Å². The van der Waals surface area contributed by atoms with Gasteiger partial charge < -0.3 is 48.9 Å². The average molecular weight is 1330 g/mol. The summed E-state index contributed by atoms with van der Waals surface area (Å²) in [6.45, 7) is 5.20. The van der Waals surface area contributed by atoms with E-state index in [1.165, 1.54) is 24.3 Å². The second kappa shape index (κ2) is 31.2. The number of benzene rings is 6. The van der Waals surface area contributed by atoms with E-state index < -0.39 is 64.6 Å². The third-order valence-electron chi connectivity index (χ3n) is 19.3. The molecule has 4 aliphatic rings. The van der Waals surface area contributed by atoms with E-state index in [0.29, 0.717) is 107 Å². The van der Waals surface area contributed by atoms with Crippen molar-refractivity contribution in [1.82, 2.24) is 29.4 Å². The number of likely N-dealkylation sites (tertiary alicyclic amines) is 2. The molecule has 1 spiro atoms. The number of nitrogens with one attached hydrogen (secondary N) is 2. The standard InChI is InChI=1S/C73H83F7N8O8/c1-83(35-13-36-85(3)67(91)52-21-27-59(28-22-52)81-34-12-11-20-65(89)84(2)42-43-86-37-29-60(30-38-86)96-69(93)82-63-19-10-8-17-61(63)51-14-5-4-6-15-51)66(90)48-94-64-46-53-16-7-9-18-62(53)70(64)31-39-87(40-32-70)41-33-71(55-23-25-58(74)26-24-55)49-88(50-95-71)68(92)54-44-56(72(75,76)77)47-57(45-54)73(78,79)80/h4-10,14-19,21-28,44-45,47,60,64,81H,11-13,20,29-43,46,48-50H2,1-3H3,(H,82,93)/t64-,71-/m0/s1. The lowest BCUT2D eigenvalue weighted by Crippen LogP contribution is -2.50. The Morgan fingerprint density at radius 1 is 0.656 bits per heavy atom. The quantitative estimate of drug-likeness (QED) is 0.0415. The van der Waals surface area contributed by atoms with Gasteiger partial charge in [0, 0.05) is 108 Å². The Balaban J connectivity index is 0.611. The lowest BCUT2D eigenvalue weighted by atomic mass is 9.72. The fourth-order valence-electron chi connectivity index (χ4n) is 13.5. The number of alkyl halides is 6. The van der Waals surface area contributed by atoms with Crippen molar-refractivity contribution in [1.29, 1.82) is 0 Å². The number of hydrogen-bond acceptors (Lipinski definition) is 11. The van der Waals surface area contributed by atoms with Crippen molar-refractivity contribution >= 4 is 41.1 Å². The fourth-order valence-corrected chi connectivity index (χ4v) is 13.5. The van der Waals surface area contributed by atoms with Gasteiger partial charge in [0.05, 0.1) is 29.5 Å². The van der Waals surface area contributed by atoms with Gasteiger partial charge in [0.15, 0.2) is 0 Å². The number of rotatable bonds is 25. The van der Waals surface area contributed by atoms with Gasteiger partial charge in [-0.15, -0.1) is 0 Å². The zero-order valence-corrected chi connectivity index (χ0v) is 54.4. The van der Waals surface area contributed by atoms with Gasteiger partial charge in [0.1, 0.15) is 30.9 Å². The number of amides is 5. The molecule has 6 aromatic carbocycles. The molecule has 16 nitrogen and oxygen atoms in total. The Kier molecular flexibility index (Phi) is 22.9. The normalized spacial score (nSPS) is 18.2. The zero-order valence-electron chi connectivity index (χ0n) is 54.4. The van der Waals surface area contributed by atoms with Crippen LogP contribution in [0.15, 0.2) is 146 Å². The molecule has 0 radical (unpaired) electrons. The highest BCUT2D eigenvalue weighted by Gasteiger charge is 2.50. The molecule has 512 valence electrons. The van der Waals surface area contributed by atoms with E-state index in [4.69, 9.17) is 14.2 Å². The van der Waals surface area contributed by atoms with Crippen molar-refractivity contribution in [3.63, 3.8) is 0 Å². The van der Waals surface area contributed by atoms with Crippen molar-refractivity contribution < 1.29 is 68.9 Å². The third-order valence-corrected chi connectivity index (χ3v) is 19.3. The molecular formula is C73H83F7N8O8. The van der Waals surface area contributed by atoms with Crippen LogP contribution in [-0.4, -0.2) is 178 Å². The topological polar surface area (TPSA) is 157 Å². The fraction of sp³-hybridized carbons (Fsp3) is 0.438. The van der Waals surface area contributed by atoms with Crippen LogP contribution in [0.2, 0.25) is 0 Å². The molecule has 2 atom stereocenters. The van der Waals surface area contributed by atoms with Crippen molar-refractivity contribution in [2.24, 2.45) is 0 Å². The monoisotopic (exact) mass is 1330 g/mol. The maximum absolute atomic E-state index is 14.2. The van der Waals surface area contributed by atoms with Crippen molar-refractivity contribution in [3.05, 3.63) is 190 Å². The molecule has 3 aliphatic heterocycles. The molecule has 0 unspecified atom stereocenters. The number of anilines is 2. The summed E-state index contributed by atoms with van der Waals surface area (Å²) in [4.78, 5) is 77.4. The summed E-state index contributed by atoms with van der Waals surface area (Å²) in [6.07, 6.45) is -5.13. The van der Waals surface area contributed by atoms with Gasteiger partial charge in [-0.1, -0.05) is 84.9 Å². The molecule has 23 heteroatoms. The molecule has 1 aliphatic carbocycles. The number of halogens is 7. The van der Waals surface area contributed by atoms with Crippen LogP contribution in [0, 0.1) is 5.82 Å². The molecule has 0 bridgehead atoms. The van der Waals surface area contributed by atoms with E-state index in [0.717, 1.165) is 78.2 Å². The van der Waals surface area contributed by atoms with Crippen LogP contribution in [0.1, 0.15) is 106 Å². The minimum absolute atomic E-state index is 0.0292. The summed E-state index contributed by atoms with van der Waals surface area (Å²) in [7, 11) is 5.28. The molecule has 3 fully saturated rings. The van der Waals surface area contributed by atoms with Crippen LogP contribution in [0.3, 0.4) is 0 Å². The summed E-state index contributed by atoms with van der Waals surface area (Å²) in [5.41, 5.74) is 1.13. The van der Waals surface area contributed by atoms with E-state index >= 15 is 0 Å². The Hall–Kier alpha value is -8.38. The molecule has 0 saturated carbocycles. The number of nitrogens with zero attached hydrogens (tertiary/aromatic N) is 6. The number of unbranched alkanes of at least 4 members (excludes halogenated alkanes) is 1. The highest BCUT2D eigenvalue weighted by molar-refractivity contribution is 5.95. The zero-order chi connectivity index (χ0) is 68.2. The number of carbonyl (C=O) groups is 5. The number of ether oxygens (including phenoxy) is 3. The predicted molar refractivity (Wildman–Crippen MR) is 350 cm³/mol. The average Bonchev–Trinajstić information content (AvgIpc) is 1.58. The maximum Gasteiger partial charge on any atom is 0.416 e. The van der Waals surface area contributed by atoms with Crippen LogP contribution in [0.25, 0.3) is 11.1 Å². The summed E-state index contributed by atoms with van der Waals surface area (Å²) < 4.78 is 116. The summed E-state index contributed by atoms with van der Waals surface area (Å²) in [5.74, 6) is -1.86. The summed E-state index contributed by atoms with van der Waals surface area (Å²) in [5, 5.41) is 6.32. The molecule has 0 aromatic heterocycles. The first-order chi connectivity index (χ1) is 46.0. The first-order valence-electron chi connectivity index (χ1n) is 32.8. The van der Waals surface area contributed by atoms with Crippen LogP contribution >= 0.6 is 0 Å².